The Hall–Kier alpha value is -2.14. The number of anilines is 1. The van der Waals surface area contributed by atoms with Crippen LogP contribution < -0.4 is 9.64 Å². The van der Waals surface area contributed by atoms with Crippen LogP contribution in [-0.4, -0.2) is 18.9 Å². The molecule has 1 aliphatic heterocycles. The Balaban J connectivity index is 2.18. The fourth-order valence-corrected chi connectivity index (χ4v) is 2.92. The van der Waals surface area contributed by atoms with Gasteiger partial charge in [-0.2, -0.15) is 0 Å². The third-order valence-corrected chi connectivity index (χ3v) is 4.01. The highest BCUT2D eigenvalue weighted by Crippen LogP contribution is 2.36. The number of benzene rings is 2. The van der Waals surface area contributed by atoms with Gasteiger partial charge in [-0.25, -0.2) is 4.90 Å². The highest BCUT2D eigenvalue weighted by atomic mass is 79.9. The van der Waals surface area contributed by atoms with Gasteiger partial charge in [-0.05, 0) is 31.2 Å². The number of hydrogen-bond donors (Lipinski definition) is 0. The summed E-state index contributed by atoms with van der Waals surface area (Å²) in [6.45, 7) is 1.82. The highest BCUT2D eigenvalue weighted by molar-refractivity contribution is 9.10. The maximum absolute atomic E-state index is 12.5. The number of nitrogens with zero attached hydrogens (tertiary/aromatic N) is 1. The van der Waals surface area contributed by atoms with E-state index in [-0.39, 0.29) is 11.8 Å². The Morgan fingerprint density at radius 3 is 2.14 bits per heavy atom. The topological polar surface area (TPSA) is 46.6 Å². The number of carbonyl (C=O) groups is 2. The van der Waals surface area contributed by atoms with Gasteiger partial charge in [0.25, 0.3) is 11.8 Å². The Morgan fingerprint density at radius 1 is 1.05 bits per heavy atom. The molecule has 0 aliphatic carbocycles. The number of hydrogen-bond acceptors (Lipinski definition) is 3. The third kappa shape index (κ3) is 2.05. The molecule has 106 valence electrons. The van der Waals surface area contributed by atoms with E-state index in [2.05, 4.69) is 15.9 Å². The molecule has 2 aromatic rings. The van der Waals surface area contributed by atoms with E-state index in [0.717, 1.165) is 10.0 Å². The number of rotatable bonds is 2. The Bertz CT molecular complexity index is 735. The van der Waals surface area contributed by atoms with Crippen molar-refractivity contribution in [2.24, 2.45) is 0 Å². The van der Waals surface area contributed by atoms with Crippen LogP contribution in [0.5, 0.6) is 5.75 Å². The summed E-state index contributed by atoms with van der Waals surface area (Å²) in [4.78, 5) is 26.2. The van der Waals surface area contributed by atoms with Crippen molar-refractivity contribution in [3.8, 4) is 5.75 Å². The lowest BCUT2D eigenvalue weighted by Gasteiger charge is -2.19. The second-order valence-corrected chi connectivity index (χ2v) is 5.66. The Kier molecular flexibility index (Phi) is 3.29. The third-order valence-electron chi connectivity index (χ3n) is 3.55. The minimum absolute atomic E-state index is 0.307. The van der Waals surface area contributed by atoms with Crippen molar-refractivity contribution in [1.82, 2.24) is 0 Å². The lowest BCUT2D eigenvalue weighted by molar-refractivity contribution is 0.0926. The smallest absolute Gasteiger partial charge is 0.266 e. The van der Waals surface area contributed by atoms with Crippen LogP contribution >= 0.6 is 15.9 Å². The molecule has 2 amide bonds. The predicted octanol–water partition coefficient (Wildman–Crippen LogP) is 3.57. The number of imide groups is 1. The quantitative estimate of drug-likeness (QED) is 0.781. The zero-order valence-electron chi connectivity index (χ0n) is 11.5. The van der Waals surface area contributed by atoms with Gasteiger partial charge >= 0.3 is 0 Å². The van der Waals surface area contributed by atoms with Crippen LogP contribution in [0.15, 0.2) is 40.9 Å². The lowest BCUT2D eigenvalue weighted by atomic mass is 10.1. The first-order valence-electron chi connectivity index (χ1n) is 6.36. The average Bonchev–Trinajstić information content (AvgIpc) is 2.74. The van der Waals surface area contributed by atoms with Crippen LogP contribution in [0.25, 0.3) is 0 Å². The molecule has 1 aliphatic rings. The number of carbonyl (C=O) groups excluding carboxylic acids is 2. The fraction of sp³-hybridized carbons (Fsp3) is 0.125. The van der Waals surface area contributed by atoms with E-state index in [1.807, 2.05) is 6.92 Å². The summed E-state index contributed by atoms with van der Waals surface area (Å²) < 4.78 is 6.04. The Morgan fingerprint density at radius 2 is 1.62 bits per heavy atom. The summed E-state index contributed by atoms with van der Waals surface area (Å²) in [5, 5.41) is 0. The van der Waals surface area contributed by atoms with E-state index in [1.54, 1.807) is 43.5 Å². The zero-order valence-corrected chi connectivity index (χ0v) is 13.1. The molecule has 5 heteroatoms. The molecule has 0 spiro atoms. The summed E-state index contributed by atoms with van der Waals surface area (Å²) in [6, 6.07) is 10.4. The van der Waals surface area contributed by atoms with Crippen LogP contribution in [0, 0.1) is 6.92 Å². The van der Waals surface area contributed by atoms with Gasteiger partial charge in [0, 0.05) is 10.0 Å². The molecule has 0 radical (unpaired) electrons. The number of ether oxygens (including phenoxy) is 1. The maximum Gasteiger partial charge on any atom is 0.266 e. The normalized spacial score (nSPS) is 13.6. The van der Waals surface area contributed by atoms with Crippen molar-refractivity contribution in [2.45, 2.75) is 6.92 Å². The number of fused-ring (bicyclic) bond motifs is 1. The maximum atomic E-state index is 12.5. The van der Waals surface area contributed by atoms with E-state index in [4.69, 9.17) is 4.74 Å². The standard InChI is InChI=1S/C16H12BrNO3/c1-9-13(7-10(17)8-14(9)21-2)18-15(19)11-5-3-4-6-12(11)16(18)20/h3-8H,1-2H3. The van der Waals surface area contributed by atoms with E-state index < -0.39 is 0 Å². The molecule has 0 atom stereocenters. The molecule has 0 fully saturated rings. The van der Waals surface area contributed by atoms with E-state index in [9.17, 15) is 9.59 Å². The van der Waals surface area contributed by atoms with Crippen LogP contribution in [-0.2, 0) is 0 Å². The first-order valence-corrected chi connectivity index (χ1v) is 7.16. The van der Waals surface area contributed by atoms with Crippen molar-refractivity contribution >= 4 is 33.4 Å². The van der Waals surface area contributed by atoms with Gasteiger partial charge in [0.15, 0.2) is 0 Å². The van der Waals surface area contributed by atoms with E-state index in [0.29, 0.717) is 22.6 Å². The largest absolute Gasteiger partial charge is 0.496 e. The molecule has 0 N–H and O–H groups in total. The van der Waals surface area contributed by atoms with E-state index >= 15 is 0 Å². The minimum Gasteiger partial charge on any atom is -0.496 e. The molecule has 1 heterocycles. The van der Waals surface area contributed by atoms with Crippen molar-refractivity contribution < 1.29 is 14.3 Å². The number of methoxy groups -OCH3 is 1. The number of halogens is 1. The monoisotopic (exact) mass is 345 g/mol. The summed E-state index contributed by atoms with van der Waals surface area (Å²) in [5.74, 6) is 0.00800. The lowest BCUT2D eigenvalue weighted by Crippen LogP contribution is -2.30. The number of amides is 2. The molecule has 0 bridgehead atoms. The molecule has 21 heavy (non-hydrogen) atoms. The minimum atomic E-state index is -0.307. The van der Waals surface area contributed by atoms with Crippen molar-refractivity contribution in [3.63, 3.8) is 0 Å². The van der Waals surface area contributed by atoms with E-state index in [1.165, 1.54) is 4.90 Å². The van der Waals surface area contributed by atoms with Crippen LogP contribution in [0.3, 0.4) is 0 Å². The fourth-order valence-electron chi connectivity index (χ4n) is 2.49. The summed E-state index contributed by atoms with van der Waals surface area (Å²) >= 11 is 3.38. The van der Waals surface area contributed by atoms with Gasteiger partial charge in [0.1, 0.15) is 5.75 Å². The molecule has 0 aromatic heterocycles. The van der Waals surface area contributed by atoms with Crippen LogP contribution in [0.2, 0.25) is 0 Å². The van der Waals surface area contributed by atoms with Gasteiger partial charge < -0.3 is 4.74 Å². The summed E-state index contributed by atoms with van der Waals surface area (Å²) in [6.07, 6.45) is 0. The summed E-state index contributed by atoms with van der Waals surface area (Å²) in [5.41, 5.74) is 2.14. The molecule has 2 aromatic carbocycles. The highest BCUT2D eigenvalue weighted by Gasteiger charge is 2.37. The SMILES string of the molecule is COc1cc(Br)cc(N2C(=O)c3ccccc3C2=O)c1C. The second kappa shape index (κ2) is 5.00. The van der Waals surface area contributed by atoms with Gasteiger partial charge in [0.2, 0.25) is 0 Å². The molecule has 0 saturated heterocycles. The van der Waals surface area contributed by atoms with Gasteiger partial charge in [-0.15, -0.1) is 0 Å². The van der Waals surface area contributed by atoms with Gasteiger partial charge in [0.05, 0.1) is 23.9 Å². The average molecular weight is 346 g/mol. The predicted molar refractivity (Wildman–Crippen MR) is 83.0 cm³/mol. The Labute approximate surface area is 130 Å². The van der Waals surface area contributed by atoms with Crippen molar-refractivity contribution in [1.29, 1.82) is 0 Å². The summed E-state index contributed by atoms with van der Waals surface area (Å²) in [7, 11) is 1.56. The molecule has 0 saturated carbocycles. The van der Waals surface area contributed by atoms with Gasteiger partial charge in [-0.3, -0.25) is 9.59 Å². The molecular weight excluding hydrogens is 334 g/mol. The van der Waals surface area contributed by atoms with Crippen LogP contribution in [0.1, 0.15) is 26.3 Å². The first-order chi connectivity index (χ1) is 10.0. The second-order valence-electron chi connectivity index (χ2n) is 4.74. The zero-order chi connectivity index (χ0) is 15.1. The van der Waals surface area contributed by atoms with Crippen molar-refractivity contribution in [3.05, 3.63) is 57.6 Å². The molecule has 0 unspecified atom stereocenters. The van der Waals surface area contributed by atoms with Crippen LogP contribution in [0.4, 0.5) is 5.69 Å². The molecular formula is C16H12BrNO3. The van der Waals surface area contributed by atoms with Gasteiger partial charge in [-0.1, -0.05) is 28.1 Å². The molecule has 4 nitrogen and oxygen atoms in total. The first kappa shape index (κ1) is 13.8. The molecule has 3 rings (SSSR count). The van der Waals surface area contributed by atoms with Crippen molar-refractivity contribution in [2.75, 3.05) is 12.0 Å².